The van der Waals surface area contributed by atoms with E-state index in [2.05, 4.69) is 20.6 Å². The first-order chi connectivity index (χ1) is 11.2. The lowest BCUT2D eigenvalue weighted by atomic mass is 10.2. The third-order valence-corrected chi connectivity index (χ3v) is 5.00. The van der Waals surface area contributed by atoms with Crippen molar-refractivity contribution in [3.63, 3.8) is 0 Å². The molecular formula is C15H14ClN5OS. The van der Waals surface area contributed by atoms with Gasteiger partial charge in [0, 0.05) is 18.8 Å². The Morgan fingerprint density at radius 3 is 2.96 bits per heavy atom. The number of anilines is 1. The fourth-order valence-electron chi connectivity index (χ4n) is 2.36. The largest absolute Gasteiger partial charge is 0.325 e. The zero-order chi connectivity index (χ0) is 15.8. The van der Waals surface area contributed by atoms with Gasteiger partial charge < -0.3 is 5.32 Å². The molecule has 0 saturated heterocycles. The van der Waals surface area contributed by atoms with Crippen molar-refractivity contribution in [3.05, 3.63) is 40.1 Å². The summed E-state index contributed by atoms with van der Waals surface area (Å²) in [7, 11) is 0. The number of fused-ring (bicyclic) bond motifs is 1. The Bertz CT molecular complexity index is 870. The maximum absolute atomic E-state index is 12.0. The van der Waals surface area contributed by atoms with E-state index in [0.29, 0.717) is 29.5 Å². The van der Waals surface area contributed by atoms with Gasteiger partial charge in [-0.3, -0.25) is 4.79 Å². The van der Waals surface area contributed by atoms with Gasteiger partial charge in [0.25, 0.3) is 0 Å². The maximum Gasteiger partial charge on any atom is 0.234 e. The van der Waals surface area contributed by atoms with Crippen molar-refractivity contribution >= 4 is 39.5 Å². The summed E-state index contributed by atoms with van der Waals surface area (Å²) < 4.78 is 1.82. The van der Waals surface area contributed by atoms with Crippen molar-refractivity contribution < 1.29 is 4.79 Å². The number of carbonyl (C=O) groups is 1. The normalized spacial score (nSPS) is 14.3. The van der Waals surface area contributed by atoms with Crippen LogP contribution in [0.2, 0.25) is 5.02 Å². The van der Waals surface area contributed by atoms with Crippen molar-refractivity contribution in [1.82, 2.24) is 19.8 Å². The first kappa shape index (κ1) is 14.6. The minimum Gasteiger partial charge on any atom is -0.325 e. The standard InChI is InChI=1S/C15H14ClN5OS/c16-10-3-1-2-4-11(10)17-12(22)7-8-13-20-21-14(9-5-6-9)18-19-15(21)23-13/h1-4,9H,5-8H2,(H,17,22). The molecule has 1 aliphatic carbocycles. The third kappa shape index (κ3) is 3.07. The molecular weight excluding hydrogens is 334 g/mol. The molecule has 2 heterocycles. The van der Waals surface area contributed by atoms with Crippen LogP contribution in [-0.2, 0) is 11.2 Å². The van der Waals surface area contributed by atoms with Gasteiger partial charge in [0.2, 0.25) is 10.9 Å². The van der Waals surface area contributed by atoms with Gasteiger partial charge >= 0.3 is 0 Å². The second kappa shape index (κ2) is 5.90. The summed E-state index contributed by atoms with van der Waals surface area (Å²) in [5.74, 6) is 1.37. The molecule has 0 aliphatic heterocycles. The van der Waals surface area contributed by atoms with E-state index in [1.807, 2.05) is 16.6 Å². The van der Waals surface area contributed by atoms with Crippen LogP contribution < -0.4 is 5.32 Å². The molecule has 0 bridgehead atoms. The van der Waals surface area contributed by atoms with Crippen molar-refractivity contribution in [2.24, 2.45) is 0 Å². The summed E-state index contributed by atoms with van der Waals surface area (Å²) in [6.45, 7) is 0. The molecule has 1 fully saturated rings. The highest BCUT2D eigenvalue weighted by Gasteiger charge is 2.30. The van der Waals surface area contributed by atoms with E-state index in [1.165, 1.54) is 11.3 Å². The van der Waals surface area contributed by atoms with E-state index in [4.69, 9.17) is 11.6 Å². The number of rotatable bonds is 5. The van der Waals surface area contributed by atoms with Gasteiger partial charge in [0.1, 0.15) is 5.01 Å². The topological polar surface area (TPSA) is 72.2 Å². The maximum atomic E-state index is 12.0. The average molecular weight is 348 g/mol. The summed E-state index contributed by atoms with van der Waals surface area (Å²) in [6, 6.07) is 7.20. The smallest absolute Gasteiger partial charge is 0.234 e. The fraction of sp³-hybridized carbons (Fsp3) is 0.333. The number of para-hydroxylation sites is 1. The number of halogens is 1. The number of nitrogens with one attached hydrogen (secondary N) is 1. The minimum absolute atomic E-state index is 0.0773. The number of benzene rings is 1. The van der Waals surface area contributed by atoms with Crippen molar-refractivity contribution in [3.8, 4) is 0 Å². The van der Waals surface area contributed by atoms with Crippen LogP contribution in [0.1, 0.15) is 36.0 Å². The number of amides is 1. The van der Waals surface area contributed by atoms with E-state index in [9.17, 15) is 4.79 Å². The SMILES string of the molecule is O=C(CCc1nn2c(C3CC3)nnc2s1)Nc1ccccc1Cl. The molecule has 0 spiro atoms. The molecule has 8 heteroatoms. The molecule has 0 radical (unpaired) electrons. The van der Waals surface area contributed by atoms with Gasteiger partial charge in [-0.05, 0) is 25.0 Å². The van der Waals surface area contributed by atoms with Crippen LogP contribution in [-0.4, -0.2) is 25.7 Å². The molecule has 2 aromatic heterocycles. The average Bonchev–Trinajstić information content (AvgIpc) is 3.17. The zero-order valence-corrected chi connectivity index (χ0v) is 13.8. The van der Waals surface area contributed by atoms with Gasteiger partial charge in [-0.15, -0.1) is 10.2 Å². The van der Waals surface area contributed by atoms with Gasteiger partial charge in [-0.1, -0.05) is 35.1 Å². The van der Waals surface area contributed by atoms with Crippen LogP contribution in [0.25, 0.3) is 4.96 Å². The van der Waals surface area contributed by atoms with Gasteiger partial charge in [0.15, 0.2) is 5.82 Å². The zero-order valence-electron chi connectivity index (χ0n) is 12.2. The number of aromatic nitrogens is 4. The fourth-order valence-corrected chi connectivity index (χ4v) is 3.39. The van der Waals surface area contributed by atoms with Gasteiger partial charge in [-0.25, -0.2) is 0 Å². The molecule has 23 heavy (non-hydrogen) atoms. The molecule has 1 N–H and O–H groups in total. The Morgan fingerprint density at radius 2 is 2.17 bits per heavy atom. The molecule has 6 nitrogen and oxygen atoms in total. The highest BCUT2D eigenvalue weighted by molar-refractivity contribution is 7.16. The predicted molar refractivity (Wildman–Crippen MR) is 89.0 cm³/mol. The van der Waals surface area contributed by atoms with E-state index in [1.54, 1.807) is 12.1 Å². The van der Waals surface area contributed by atoms with E-state index in [-0.39, 0.29) is 5.91 Å². The first-order valence-electron chi connectivity index (χ1n) is 7.46. The summed E-state index contributed by atoms with van der Waals surface area (Å²) in [5.41, 5.74) is 0.633. The van der Waals surface area contributed by atoms with Crippen molar-refractivity contribution in [1.29, 1.82) is 0 Å². The van der Waals surface area contributed by atoms with Crippen molar-refractivity contribution in [2.45, 2.75) is 31.6 Å². The molecule has 1 aliphatic rings. The first-order valence-corrected chi connectivity index (χ1v) is 8.65. The van der Waals surface area contributed by atoms with Crippen molar-refractivity contribution in [2.75, 3.05) is 5.32 Å². The molecule has 0 atom stereocenters. The Kier molecular flexibility index (Phi) is 3.74. The van der Waals surface area contributed by atoms with E-state index in [0.717, 1.165) is 28.6 Å². The minimum atomic E-state index is -0.0773. The Labute approximate surface area is 141 Å². The highest BCUT2D eigenvalue weighted by atomic mass is 35.5. The quantitative estimate of drug-likeness (QED) is 0.768. The highest BCUT2D eigenvalue weighted by Crippen LogP contribution is 2.39. The van der Waals surface area contributed by atoms with E-state index >= 15 is 0 Å². The Morgan fingerprint density at radius 1 is 1.35 bits per heavy atom. The summed E-state index contributed by atoms with van der Waals surface area (Å²) in [4.78, 5) is 12.8. The molecule has 118 valence electrons. The predicted octanol–water partition coefficient (Wildman–Crippen LogP) is 3.29. The number of nitrogens with zero attached hydrogens (tertiary/aromatic N) is 4. The Hall–Kier alpha value is -1.99. The number of hydrogen-bond donors (Lipinski definition) is 1. The molecule has 4 rings (SSSR count). The van der Waals surface area contributed by atoms with Crippen LogP contribution in [0.15, 0.2) is 24.3 Å². The van der Waals surface area contributed by atoms with Crippen LogP contribution in [0.4, 0.5) is 5.69 Å². The second-order valence-electron chi connectivity index (χ2n) is 5.55. The summed E-state index contributed by atoms with van der Waals surface area (Å²) >= 11 is 7.52. The lowest BCUT2D eigenvalue weighted by Crippen LogP contribution is -2.12. The summed E-state index contributed by atoms with van der Waals surface area (Å²) in [6.07, 6.45) is 3.25. The van der Waals surface area contributed by atoms with Crippen LogP contribution in [0, 0.1) is 0 Å². The van der Waals surface area contributed by atoms with Crippen LogP contribution >= 0.6 is 22.9 Å². The molecule has 3 aromatic rings. The third-order valence-electron chi connectivity index (χ3n) is 3.71. The molecule has 1 aromatic carbocycles. The van der Waals surface area contributed by atoms with Crippen LogP contribution in [0.3, 0.4) is 0 Å². The molecule has 1 amide bonds. The van der Waals surface area contributed by atoms with Gasteiger partial charge in [0.05, 0.1) is 10.7 Å². The Balaban J connectivity index is 1.40. The lowest BCUT2D eigenvalue weighted by molar-refractivity contribution is -0.116. The lowest BCUT2D eigenvalue weighted by Gasteiger charge is -2.05. The molecule has 0 unspecified atom stereocenters. The number of aryl methyl sites for hydroxylation is 1. The van der Waals surface area contributed by atoms with Crippen LogP contribution in [0.5, 0.6) is 0 Å². The summed E-state index contributed by atoms with van der Waals surface area (Å²) in [5, 5.41) is 17.1. The van der Waals surface area contributed by atoms with Gasteiger partial charge in [-0.2, -0.15) is 9.61 Å². The second-order valence-corrected chi connectivity index (χ2v) is 7.00. The number of carbonyl (C=O) groups excluding carboxylic acids is 1. The monoisotopic (exact) mass is 347 g/mol. The van der Waals surface area contributed by atoms with E-state index < -0.39 is 0 Å². The number of hydrogen-bond acceptors (Lipinski definition) is 5. The molecule has 1 saturated carbocycles.